The Labute approximate surface area is 213 Å². The standard InChI is InChI=1S/C27H26N2O8/c1-18(35-27(33)28-2)34-24(30)17-29-16-19-13-14-22(36-25(31)20-9-5-3-6-10-20)23(15-19)37-26(32)21-11-7-4-8-12-21/h3-15,18,29H,16-17H2,1-2H3,(H,28,33). The van der Waals surface area contributed by atoms with Gasteiger partial charge in [0.15, 0.2) is 11.5 Å². The van der Waals surface area contributed by atoms with Crippen LogP contribution in [0, 0.1) is 0 Å². The van der Waals surface area contributed by atoms with Crippen molar-refractivity contribution in [3.05, 3.63) is 95.6 Å². The fraction of sp³-hybridized carbons (Fsp3) is 0.185. The van der Waals surface area contributed by atoms with Crippen molar-refractivity contribution in [3.8, 4) is 11.5 Å². The van der Waals surface area contributed by atoms with Crippen molar-refractivity contribution >= 4 is 24.0 Å². The molecule has 37 heavy (non-hydrogen) atoms. The molecule has 0 spiro atoms. The Morgan fingerprint density at radius 3 is 1.89 bits per heavy atom. The van der Waals surface area contributed by atoms with Gasteiger partial charge in [-0.25, -0.2) is 14.4 Å². The number of esters is 3. The van der Waals surface area contributed by atoms with E-state index in [-0.39, 0.29) is 24.6 Å². The zero-order valence-corrected chi connectivity index (χ0v) is 20.3. The Bertz CT molecular complexity index is 1230. The van der Waals surface area contributed by atoms with Crippen LogP contribution < -0.4 is 20.1 Å². The molecular formula is C27H26N2O8. The lowest BCUT2D eigenvalue weighted by Gasteiger charge is -2.14. The van der Waals surface area contributed by atoms with Crippen molar-refractivity contribution in [2.75, 3.05) is 13.6 Å². The SMILES string of the molecule is CNC(=O)OC(C)OC(=O)CNCc1ccc(OC(=O)c2ccccc2)c(OC(=O)c2ccccc2)c1. The number of hydrogen-bond donors (Lipinski definition) is 2. The monoisotopic (exact) mass is 506 g/mol. The average Bonchev–Trinajstić information content (AvgIpc) is 2.90. The molecule has 1 atom stereocenters. The normalized spacial score (nSPS) is 11.1. The Hall–Kier alpha value is -4.70. The third-order valence-electron chi connectivity index (χ3n) is 4.81. The fourth-order valence-electron chi connectivity index (χ4n) is 3.06. The predicted octanol–water partition coefficient (Wildman–Crippen LogP) is 3.46. The molecule has 1 amide bonds. The summed E-state index contributed by atoms with van der Waals surface area (Å²) in [4.78, 5) is 48.4. The van der Waals surface area contributed by atoms with Gasteiger partial charge in [0.25, 0.3) is 0 Å². The maximum Gasteiger partial charge on any atom is 0.409 e. The second-order valence-corrected chi connectivity index (χ2v) is 7.61. The van der Waals surface area contributed by atoms with Gasteiger partial charge in [0.2, 0.25) is 6.29 Å². The lowest BCUT2D eigenvalue weighted by atomic mass is 10.2. The quantitative estimate of drug-likeness (QED) is 0.241. The van der Waals surface area contributed by atoms with Gasteiger partial charge in [-0.05, 0) is 42.0 Å². The summed E-state index contributed by atoms with van der Waals surface area (Å²) in [6, 6.07) is 21.5. The van der Waals surface area contributed by atoms with E-state index in [9.17, 15) is 19.2 Å². The van der Waals surface area contributed by atoms with Gasteiger partial charge in [-0.1, -0.05) is 42.5 Å². The molecule has 3 aromatic rings. The van der Waals surface area contributed by atoms with Crippen molar-refractivity contribution in [1.82, 2.24) is 10.6 Å². The first-order chi connectivity index (χ1) is 17.9. The minimum absolute atomic E-state index is 0.0348. The molecule has 3 rings (SSSR count). The summed E-state index contributed by atoms with van der Waals surface area (Å²) in [6.45, 7) is 1.43. The van der Waals surface area contributed by atoms with Gasteiger partial charge >= 0.3 is 24.0 Å². The molecule has 0 bridgehead atoms. The second-order valence-electron chi connectivity index (χ2n) is 7.61. The lowest BCUT2D eigenvalue weighted by molar-refractivity contribution is -0.163. The molecule has 0 radical (unpaired) electrons. The summed E-state index contributed by atoms with van der Waals surface area (Å²) < 4.78 is 20.8. The van der Waals surface area contributed by atoms with Gasteiger partial charge in [-0.3, -0.25) is 4.79 Å². The van der Waals surface area contributed by atoms with Gasteiger partial charge in [0.05, 0.1) is 17.7 Å². The highest BCUT2D eigenvalue weighted by molar-refractivity contribution is 5.93. The van der Waals surface area contributed by atoms with Gasteiger partial charge in [-0.2, -0.15) is 0 Å². The predicted molar refractivity (Wildman–Crippen MR) is 132 cm³/mol. The number of carbonyl (C=O) groups is 4. The molecule has 3 aromatic carbocycles. The van der Waals surface area contributed by atoms with E-state index >= 15 is 0 Å². The van der Waals surface area contributed by atoms with Crippen molar-refractivity contribution in [1.29, 1.82) is 0 Å². The van der Waals surface area contributed by atoms with E-state index in [1.54, 1.807) is 66.7 Å². The average molecular weight is 507 g/mol. The minimum Gasteiger partial charge on any atom is -0.424 e. The molecule has 10 nitrogen and oxygen atoms in total. The third-order valence-corrected chi connectivity index (χ3v) is 4.81. The Morgan fingerprint density at radius 2 is 1.32 bits per heavy atom. The molecule has 0 aliphatic carbocycles. The molecule has 10 heteroatoms. The fourth-order valence-corrected chi connectivity index (χ4v) is 3.06. The van der Waals surface area contributed by atoms with Crippen molar-refractivity contribution in [2.24, 2.45) is 0 Å². The number of amides is 1. The molecule has 0 saturated carbocycles. The Morgan fingerprint density at radius 1 is 0.757 bits per heavy atom. The highest BCUT2D eigenvalue weighted by Gasteiger charge is 2.18. The second kappa shape index (κ2) is 13.4. The van der Waals surface area contributed by atoms with Crippen LogP contribution in [0.2, 0.25) is 0 Å². The van der Waals surface area contributed by atoms with Gasteiger partial charge in [-0.15, -0.1) is 0 Å². The zero-order valence-electron chi connectivity index (χ0n) is 20.3. The van der Waals surface area contributed by atoms with E-state index in [2.05, 4.69) is 10.6 Å². The molecule has 1 unspecified atom stereocenters. The number of alkyl carbamates (subject to hydrolysis) is 1. The highest BCUT2D eigenvalue weighted by Crippen LogP contribution is 2.30. The summed E-state index contributed by atoms with van der Waals surface area (Å²) in [7, 11) is 1.39. The molecule has 0 aliphatic heterocycles. The van der Waals surface area contributed by atoms with Crippen molar-refractivity contribution in [2.45, 2.75) is 19.8 Å². The van der Waals surface area contributed by atoms with E-state index < -0.39 is 30.3 Å². The number of benzene rings is 3. The van der Waals surface area contributed by atoms with Crippen LogP contribution >= 0.6 is 0 Å². The zero-order chi connectivity index (χ0) is 26.6. The molecule has 2 N–H and O–H groups in total. The highest BCUT2D eigenvalue weighted by atomic mass is 16.7. The van der Waals surface area contributed by atoms with Crippen LogP contribution in [0.4, 0.5) is 4.79 Å². The first kappa shape index (κ1) is 26.9. The summed E-state index contributed by atoms with van der Waals surface area (Å²) in [6.07, 6.45) is -1.78. The largest absolute Gasteiger partial charge is 0.424 e. The van der Waals surface area contributed by atoms with Crippen LogP contribution in [0.5, 0.6) is 11.5 Å². The first-order valence-electron chi connectivity index (χ1n) is 11.3. The van der Waals surface area contributed by atoms with Gasteiger partial charge < -0.3 is 29.6 Å². The van der Waals surface area contributed by atoms with Gasteiger partial charge in [0.1, 0.15) is 0 Å². The summed E-state index contributed by atoms with van der Waals surface area (Å²) in [5, 5.41) is 5.15. The van der Waals surface area contributed by atoms with E-state index in [0.29, 0.717) is 16.7 Å². The first-order valence-corrected chi connectivity index (χ1v) is 11.3. The molecular weight excluding hydrogens is 480 g/mol. The maximum absolute atomic E-state index is 12.7. The molecule has 0 saturated heterocycles. The lowest BCUT2D eigenvalue weighted by Crippen LogP contribution is -2.31. The minimum atomic E-state index is -1.06. The number of rotatable bonds is 10. The molecule has 192 valence electrons. The molecule has 0 aliphatic rings. The number of carbonyl (C=O) groups excluding carboxylic acids is 4. The summed E-state index contributed by atoms with van der Waals surface area (Å²) in [5.41, 5.74) is 1.29. The summed E-state index contributed by atoms with van der Waals surface area (Å²) >= 11 is 0. The smallest absolute Gasteiger partial charge is 0.409 e. The van der Waals surface area contributed by atoms with Crippen LogP contribution in [-0.2, 0) is 20.8 Å². The van der Waals surface area contributed by atoms with Crippen LogP contribution in [0.25, 0.3) is 0 Å². The molecule has 0 fully saturated rings. The van der Waals surface area contributed by atoms with Crippen LogP contribution in [0.15, 0.2) is 78.9 Å². The van der Waals surface area contributed by atoms with E-state index in [1.165, 1.54) is 26.1 Å². The van der Waals surface area contributed by atoms with Gasteiger partial charge in [0, 0.05) is 20.5 Å². The van der Waals surface area contributed by atoms with Crippen LogP contribution in [0.1, 0.15) is 33.2 Å². The van der Waals surface area contributed by atoms with Crippen LogP contribution in [-0.4, -0.2) is 43.9 Å². The summed E-state index contributed by atoms with van der Waals surface area (Å²) in [5.74, 6) is -1.79. The van der Waals surface area contributed by atoms with E-state index in [1.807, 2.05) is 0 Å². The van der Waals surface area contributed by atoms with E-state index in [0.717, 1.165) is 0 Å². The number of hydrogen-bond acceptors (Lipinski definition) is 9. The van der Waals surface area contributed by atoms with Crippen LogP contribution in [0.3, 0.4) is 0 Å². The topological polar surface area (TPSA) is 129 Å². The molecule has 0 aromatic heterocycles. The Kier molecular flexibility index (Phi) is 9.74. The van der Waals surface area contributed by atoms with E-state index in [4.69, 9.17) is 18.9 Å². The van der Waals surface area contributed by atoms with Crippen molar-refractivity contribution in [3.63, 3.8) is 0 Å². The Balaban J connectivity index is 1.68. The maximum atomic E-state index is 12.7. The third kappa shape index (κ3) is 8.48. The molecule has 0 heterocycles. The number of ether oxygens (including phenoxy) is 4. The number of nitrogens with one attached hydrogen (secondary N) is 2. The van der Waals surface area contributed by atoms with Crippen molar-refractivity contribution < 1.29 is 38.1 Å².